The molecule has 0 spiro atoms. The molecule has 0 N–H and O–H groups in total. The van der Waals surface area contributed by atoms with Crippen molar-refractivity contribution in [2.24, 2.45) is 0 Å². The fourth-order valence-corrected chi connectivity index (χ4v) is 3.46. The van der Waals surface area contributed by atoms with E-state index in [1.165, 1.54) is 0 Å². The molecule has 4 heterocycles. The van der Waals surface area contributed by atoms with Crippen LogP contribution in [0.5, 0.6) is 0 Å². The monoisotopic (exact) mass is 332 g/mol. The SMILES string of the molecule is Cc1ccccc1-n1ncc2c1ncn1nc(-c3cccs3)nc21. The molecule has 5 rings (SSSR count). The van der Waals surface area contributed by atoms with Crippen LogP contribution in [0.1, 0.15) is 5.56 Å². The zero-order valence-electron chi connectivity index (χ0n) is 12.8. The fraction of sp³-hybridized carbons (Fsp3) is 0.0588. The van der Waals surface area contributed by atoms with Crippen molar-refractivity contribution >= 4 is 28.0 Å². The Morgan fingerprint density at radius 3 is 2.79 bits per heavy atom. The molecule has 0 fully saturated rings. The van der Waals surface area contributed by atoms with E-state index in [4.69, 9.17) is 0 Å². The highest BCUT2D eigenvalue weighted by Crippen LogP contribution is 2.25. The van der Waals surface area contributed by atoms with Crippen molar-refractivity contribution in [3.63, 3.8) is 0 Å². The van der Waals surface area contributed by atoms with E-state index >= 15 is 0 Å². The summed E-state index contributed by atoms with van der Waals surface area (Å²) in [4.78, 5) is 10.3. The number of fused-ring (bicyclic) bond motifs is 3. The third-order valence-corrected chi connectivity index (χ3v) is 4.86. The van der Waals surface area contributed by atoms with Crippen molar-refractivity contribution in [3.8, 4) is 16.4 Å². The first-order valence-corrected chi connectivity index (χ1v) is 8.38. The van der Waals surface area contributed by atoms with Crippen molar-refractivity contribution in [2.45, 2.75) is 6.92 Å². The van der Waals surface area contributed by atoms with Crippen LogP contribution < -0.4 is 0 Å². The van der Waals surface area contributed by atoms with Gasteiger partial charge in [0.05, 0.1) is 22.1 Å². The number of aromatic nitrogens is 6. The van der Waals surface area contributed by atoms with Gasteiger partial charge >= 0.3 is 0 Å². The molecule has 0 saturated heterocycles. The standard InChI is InChI=1S/C17H12N6S/c1-11-5-2-3-6-13(11)23-16-12(9-19-23)17-20-15(14-7-4-8-24-14)21-22(17)10-18-16/h2-10H,1H3. The lowest BCUT2D eigenvalue weighted by atomic mass is 10.2. The lowest BCUT2D eigenvalue weighted by Gasteiger charge is -2.05. The van der Waals surface area contributed by atoms with Crippen LogP contribution in [0.2, 0.25) is 0 Å². The first-order valence-electron chi connectivity index (χ1n) is 7.50. The molecule has 5 aromatic rings. The first kappa shape index (κ1) is 13.4. The van der Waals surface area contributed by atoms with Gasteiger partial charge in [0.15, 0.2) is 17.1 Å². The van der Waals surface area contributed by atoms with Gasteiger partial charge in [-0.05, 0) is 30.0 Å². The van der Waals surface area contributed by atoms with Crippen molar-refractivity contribution in [3.05, 3.63) is 59.9 Å². The molecule has 0 amide bonds. The van der Waals surface area contributed by atoms with Gasteiger partial charge in [-0.3, -0.25) is 0 Å². The molecule has 0 unspecified atom stereocenters. The van der Waals surface area contributed by atoms with Crippen LogP contribution in [0.4, 0.5) is 0 Å². The number of thiophene rings is 1. The second-order valence-corrected chi connectivity index (χ2v) is 6.45. The second kappa shape index (κ2) is 4.97. The van der Waals surface area contributed by atoms with Gasteiger partial charge in [-0.25, -0.2) is 19.2 Å². The third kappa shape index (κ3) is 1.88. The third-order valence-electron chi connectivity index (χ3n) is 3.99. The molecule has 0 aliphatic rings. The maximum atomic E-state index is 4.68. The van der Waals surface area contributed by atoms with Crippen molar-refractivity contribution in [1.82, 2.24) is 29.4 Å². The molecule has 4 aromatic heterocycles. The Morgan fingerprint density at radius 2 is 1.96 bits per heavy atom. The van der Waals surface area contributed by atoms with Crippen molar-refractivity contribution in [2.75, 3.05) is 0 Å². The van der Waals surface area contributed by atoms with Crippen LogP contribution in [0.15, 0.2) is 54.3 Å². The van der Waals surface area contributed by atoms with E-state index in [0.29, 0.717) is 5.82 Å². The van der Waals surface area contributed by atoms with Gasteiger partial charge in [0.25, 0.3) is 0 Å². The Kier molecular flexibility index (Phi) is 2.77. The zero-order chi connectivity index (χ0) is 16.1. The van der Waals surface area contributed by atoms with Gasteiger partial charge < -0.3 is 0 Å². The van der Waals surface area contributed by atoms with Gasteiger partial charge in [0.2, 0.25) is 0 Å². The van der Waals surface area contributed by atoms with Gasteiger partial charge in [0.1, 0.15) is 6.33 Å². The number of nitrogens with zero attached hydrogens (tertiary/aromatic N) is 6. The lowest BCUT2D eigenvalue weighted by Crippen LogP contribution is -2.00. The molecular formula is C17H12N6S. The summed E-state index contributed by atoms with van der Waals surface area (Å²) in [7, 11) is 0. The second-order valence-electron chi connectivity index (χ2n) is 5.51. The molecular weight excluding hydrogens is 320 g/mol. The minimum Gasteiger partial charge on any atom is -0.216 e. The smallest absolute Gasteiger partial charge is 0.192 e. The van der Waals surface area contributed by atoms with Gasteiger partial charge in [-0.2, -0.15) is 5.10 Å². The van der Waals surface area contributed by atoms with E-state index in [1.807, 2.05) is 40.4 Å². The van der Waals surface area contributed by atoms with Crippen LogP contribution in [-0.4, -0.2) is 29.4 Å². The van der Waals surface area contributed by atoms with Crippen LogP contribution in [-0.2, 0) is 0 Å². The quantitative estimate of drug-likeness (QED) is 0.496. The molecule has 0 saturated carbocycles. The highest BCUT2D eigenvalue weighted by molar-refractivity contribution is 7.13. The van der Waals surface area contributed by atoms with Crippen LogP contribution in [0, 0.1) is 6.92 Å². The van der Waals surface area contributed by atoms with E-state index in [0.717, 1.165) is 32.8 Å². The maximum Gasteiger partial charge on any atom is 0.192 e. The van der Waals surface area contributed by atoms with E-state index in [9.17, 15) is 0 Å². The van der Waals surface area contributed by atoms with E-state index in [1.54, 1.807) is 28.4 Å². The Morgan fingerprint density at radius 1 is 1.04 bits per heavy atom. The normalized spacial score (nSPS) is 11.5. The topological polar surface area (TPSA) is 60.9 Å². The van der Waals surface area contributed by atoms with Crippen LogP contribution in [0.3, 0.4) is 0 Å². The highest BCUT2D eigenvalue weighted by atomic mass is 32.1. The average Bonchev–Trinajstić information content (AvgIpc) is 3.32. The summed E-state index contributed by atoms with van der Waals surface area (Å²) in [6.07, 6.45) is 3.50. The fourth-order valence-electron chi connectivity index (χ4n) is 2.81. The van der Waals surface area contributed by atoms with Gasteiger partial charge in [0, 0.05) is 0 Å². The summed E-state index contributed by atoms with van der Waals surface area (Å²) in [6, 6.07) is 12.1. The molecule has 6 nitrogen and oxygen atoms in total. The Hall–Kier alpha value is -3.06. The highest BCUT2D eigenvalue weighted by Gasteiger charge is 2.15. The zero-order valence-corrected chi connectivity index (χ0v) is 13.6. The molecule has 0 aliphatic heterocycles. The van der Waals surface area contributed by atoms with E-state index < -0.39 is 0 Å². The summed E-state index contributed by atoms with van der Waals surface area (Å²) in [5.74, 6) is 0.711. The summed E-state index contributed by atoms with van der Waals surface area (Å²) >= 11 is 1.62. The number of para-hydroxylation sites is 1. The number of hydrogen-bond donors (Lipinski definition) is 0. The van der Waals surface area contributed by atoms with Crippen molar-refractivity contribution < 1.29 is 0 Å². The van der Waals surface area contributed by atoms with Gasteiger partial charge in [-0.15, -0.1) is 16.4 Å². The predicted octanol–water partition coefficient (Wildman–Crippen LogP) is 3.50. The van der Waals surface area contributed by atoms with E-state index in [2.05, 4.69) is 33.2 Å². The number of aryl methyl sites for hydroxylation is 1. The average molecular weight is 332 g/mol. The molecule has 0 atom stereocenters. The maximum absolute atomic E-state index is 4.68. The Labute approximate surface area is 141 Å². The predicted molar refractivity (Wildman–Crippen MR) is 93.5 cm³/mol. The number of rotatable bonds is 2. The van der Waals surface area contributed by atoms with Crippen molar-refractivity contribution in [1.29, 1.82) is 0 Å². The minimum atomic E-state index is 0.711. The molecule has 0 radical (unpaired) electrons. The van der Waals surface area contributed by atoms with Crippen LogP contribution in [0.25, 0.3) is 33.1 Å². The minimum absolute atomic E-state index is 0.711. The molecule has 116 valence electrons. The molecule has 0 aliphatic carbocycles. The molecule has 1 aromatic carbocycles. The summed E-state index contributed by atoms with van der Waals surface area (Å²) < 4.78 is 3.56. The molecule has 7 heteroatoms. The van der Waals surface area contributed by atoms with E-state index in [-0.39, 0.29) is 0 Å². The summed E-state index contributed by atoms with van der Waals surface area (Å²) in [5, 5.41) is 11.9. The lowest BCUT2D eigenvalue weighted by molar-refractivity contribution is 0.877. The summed E-state index contributed by atoms with van der Waals surface area (Å²) in [6.45, 7) is 2.06. The molecule has 24 heavy (non-hydrogen) atoms. The molecule has 0 bridgehead atoms. The Bertz CT molecular complexity index is 1170. The first-order chi connectivity index (χ1) is 11.8. The largest absolute Gasteiger partial charge is 0.216 e. The number of hydrogen-bond acceptors (Lipinski definition) is 5. The Balaban J connectivity index is 1.77. The van der Waals surface area contributed by atoms with Crippen LogP contribution >= 0.6 is 11.3 Å². The van der Waals surface area contributed by atoms with Gasteiger partial charge in [-0.1, -0.05) is 24.3 Å². The number of benzene rings is 1. The summed E-state index contributed by atoms with van der Waals surface area (Å²) in [5.41, 5.74) is 3.71.